The van der Waals surface area contributed by atoms with Crippen LogP contribution in [0.25, 0.3) is 0 Å². The van der Waals surface area contributed by atoms with Gasteiger partial charge in [-0.3, -0.25) is 4.90 Å². The van der Waals surface area contributed by atoms with E-state index in [2.05, 4.69) is 28.4 Å². The molecular formula is C16H25N3O. The predicted molar refractivity (Wildman–Crippen MR) is 80.9 cm³/mol. The molecule has 0 amide bonds. The lowest BCUT2D eigenvalue weighted by molar-refractivity contribution is 0.129. The van der Waals surface area contributed by atoms with E-state index in [0.29, 0.717) is 6.01 Å². The zero-order valence-electron chi connectivity index (χ0n) is 12.4. The summed E-state index contributed by atoms with van der Waals surface area (Å²) in [4.78, 5) is 11.1. The van der Waals surface area contributed by atoms with Crippen LogP contribution >= 0.6 is 0 Å². The Hall–Kier alpha value is -1.42. The molecule has 2 rings (SSSR count). The minimum absolute atomic E-state index is 0.151. The van der Waals surface area contributed by atoms with Gasteiger partial charge < -0.3 is 4.74 Å². The van der Waals surface area contributed by atoms with Gasteiger partial charge in [-0.1, -0.05) is 13.0 Å². The van der Waals surface area contributed by atoms with E-state index < -0.39 is 0 Å². The zero-order chi connectivity index (χ0) is 14.2. The molecule has 1 unspecified atom stereocenters. The normalized spacial score (nSPS) is 17.1. The summed E-state index contributed by atoms with van der Waals surface area (Å²) in [6.07, 6.45) is 11.3. The van der Waals surface area contributed by atoms with Gasteiger partial charge in [0.05, 0.1) is 0 Å². The van der Waals surface area contributed by atoms with Crippen molar-refractivity contribution in [3.8, 4) is 6.01 Å². The molecule has 0 aliphatic carbocycles. The molecule has 1 fully saturated rings. The zero-order valence-corrected chi connectivity index (χ0v) is 12.4. The van der Waals surface area contributed by atoms with E-state index >= 15 is 0 Å². The highest BCUT2D eigenvalue weighted by Crippen LogP contribution is 2.14. The Bertz CT molecular complexity index is 399. The number of ether oxygens (including phenoxy) is 1. The summed E-state index contributed by atoms with van der Waals surface area (Å²) >= 11 is 0. The summed E-state index contributed by atoms with van der Waals surface area (Å²) in [5.74, 6) is 0. The molecule has 110 valence electrons. The summed E-state index contributed by atoms with van der Waals surface area (Å²) in [5.41, 5.74) is 1.14. The van der Waals surface area contributed by atoms with Crippen LogP contribution in [0.15, 0.2) is 25.0 Å². The molecule has 1 aromatic heterocycles. The number of allylic oxidation sites excluding steroid dienone is 1. The predicted octanol–water partition coefficient (Wildman–Crippen LogP) is 2.85. The standard InChI is InChI=1S/C16H25N3O/c1-3-5-8-15(13-19-9-6-7-10-19)20-16-17-11-14(4-2)12-18-16/h3,11-12,15H,1,4-10,13H2,2H3. The second-order valence-electron chi connectivity index (χ2n) is 5.34. The molecule has 1 aromatic rings. The van der Waals surface area contributed by atoms with Crippen LogP contribution in [0.1, 0.15) is 38.2 Å². The lowest BCUT2D eigenvalue weighted by Crippen LogP contribution is -2.34. The van der Waals surface area contributed by atoms with Crippen LogP contribution in [-0.4, -0.2) is 40.6 Å². The Morgan fingerprint density at radius 1 is 1.35 bits per heavy atom. The van der Waals surface area contributed by atoms with Gasteiger partial charge in [-0.2, -0.15) is 0 Å². The smallest absolute Gasteiger partial charge is 0.316 e. The fourth-order valence-corrected chi connectivity index (χ4v) is 2.48. The largest absolute Gasteiger partial charge is 0.459 e. The molecule has 0 N–H and O–H groups in total. The van der Waals surface area contributed by atoms with Crippen LogP contribution in [0.4, 0.5) is 0 Å². The molecule has 1 aliphatic heterocycles. The van der Waals surface area contributed by atoms with Crippen molar-refractivity contribution < 1.29 is 4.74 Å². The number of hydrogen-bond donors (Lipinski definition) is 0. The van der Waals surface area contributed by atoms with Crippen molar-refractivity contribution in [2.24, 2.45) is 0 Å². The molecule has 4 heteroatoms. The topological polar surface area (TPSA) is 38.2 Å². The third-order valence-corrected chi connectivity index (χ3v) is 3.72. The first-order valence-electron chi connectivity index (χ1n) is 7.62. The Kier molecular flexibility index (Phi) is 5.99. The molecule has 0 spiro atoms. The van der Waals surface area contributed by atoms with E-state index in [1.54, 1.807) is 0 Å². The van der Waals surface area contributed by atoms with Crippen LogP contribution in [0, 0.1) is 0 Å². The van der Waals surface area contributed by atoms with Gasteiger partial charge in [0.15, 0.2) is 0 Å². The Morgan fingerprint density at radius 3 is 2.65 bits per heavy atom. The molecule has 0 radical (unpaired) electrons. The molecule has 1 aliphatic rings. The fourth-order valence-electron chi connectivity index (χ4n) is 2.48. The Labute approximate surface area is 121 Å². The van der Waals surface area contributed by atoms with Crippen molar-refractivity contribution in [3.63, 3.8) is 0 Å². The van der Waals surface area contributed by atoms with Gasteiger partial charge >= 0.3 is 6.01 Å². The minimum atomic E-state index is 0.151. The second kappa shape index (κ2) is 8.00. The molecular weight excluding hydrogens is 250 g/mol. The first-order chi connectivity index (χ1) is 9.81. The third-order valence-electron chi connectivity index (χ3n) is 3.72. The van der Waals surface area contributed by atoms with E-state index in [-0.39, 0.29) is 6.10 Å². The average Bonchev–Trinajstić information content (AvgIpc) is 2.98. The number of aromatic nitrogens is 2. The van der Waals surface area contributed by atoms with Crippen LogP contribution < -0.4 is 4.74 Å². The highest BCUT2D eigenvalue weighted by molar-refractivity contribution is 5.07. The van der Waals surface area contributed by atoms with Gasteiger partial charge in [0.2, 0.25) is 0 Å². The molecule has 1 atom stereocenters. The Morgan fingerprint density at radius 2 is 2.05 bits per heavy atom. The van der Waals surface area contributed by atoms with E-state index in [4.69, 9.17) is 4.74 Å². The van der Waals surface area contributed by atoms with Crippen LogP contribution in [0.2, 0.25) is 0 Å². The summed E-state index contributed by atoms with van der Waals surface area (Å²) in [7, 11) is 0. The molecule has 0 aromatic carbocycles. The molecule has 2 heterocycles. The van der Waals surface area contributed by atoms with Gasteiger partial charge in [-0.15, -0.1) is 6.58 Å². The number of nitrogens with zero attached hydrogens (tertiary/aromatic N) is 3. The van der Waals surface area contributed by atoms with Crippen molar-refractivity contribution in [1.82, 2.24) is 14.9 Å². The number of likely N-dealkylation sites (tertiary alicyclic amines) is 1. The molecule has 4 nitrogen and oxygen atoms in total. The van der Waals surface area contributed by atoms with Crippen molar-refractivity contribution in [2.75, 3.05) is 19.6 Å². The quantitative estimate of drug-likeness (QED) is 0.684. The number of hydrogen-bond acceptors (Lipinski definition) is 4. The molecule has 20 heavy (non-hydrogen) atoms. The number of rotatable bonds is 8. The van der Waals surface area contributed by atoms with Crippen LogP contribution in [0.5, 0.6) is 6.01 Å². The van der Waals surface area contributed by atoms with Gasteiger partial charge in [-0.25, -0.2) is 9.97 Å². The summed E-state index contributed by atoms with van der Waals surface area (Å²) < 4.78 is 5.97. The molecule has 1 saturated heterocycles. The lowest BCUT2D eigenvalue weighted by atomic mass is 10.2. The summed E-state index contributed by atoms with van der Waals surface area (Å²) in [6, 6.07) is 0.496. The SMILES string of the molecule is C=CCCC(CN1CCCC1)Oc1ncc(CC)cn1. The first kappa shape index (κ1) is 15.0. The van der Waals surface area contributed by atoms with Crippen molar-refractivity contribution >= 4 is 0 Å². The van der Waals surface area contributed by atoms with Gasteiger partial charge in [0.25, 0.3) is 0 Å². The molecule has 0 bridgehead atoms. The summed E-state index contributed by atoms with van der Waals surface area (Å²) in [5, 5.41) is 0. The van der Waals surface area contributed by atoms with Crippen LogP contribution in [0.3, 0.4) is 0 Å². The highest BCUT2D eigenvalue weighted by atomic mass is 16.5. The van der Waals surface area contributed by atoms with Crippen molar-refractivity contribution in [1.29, 1.82) is 0 Å². The lowest BCUT2D eigenvalue weighted by Gasteiger charge is -2.23. The highest BCUT2D eigenvalue weighted by Gasteiger charge is 2.19. The third kappa shape index (κ3) is 4.60. The van der Waals surface area contributed by atoms with E-state index in [1.807, 2.05) is 18.5 Å². The summed E-state index contributed by atoms with van der Waals surface area (Å²) in [6.45, 7) is 9.22. The van der Waals surface area contributed by atoms with Crippen LogP contribution in [-0.2, 0) is 6.42 Å². The fraction of sp³-hybridized carbons (Fsp3) is 0.625. The monoisotopic (exact) mass is 275 g/mol. The molecule has 0 saturated carbocycles. The number of aryl methyl sites for hydroxylation is 1. The van der Waals surface area contributed by atoms with Crippen molar-refractivity contribution in [2.45, 2.75) is 45.1 Å². The Balaban J connectivity index is 1.92. The maximum atomic E-state index is 5.97. The maximum Gasteiger partial charge on any atom is 0.316 e. The van der Waals surface area contributed by atoms with E-state index in [0.717, 1.165) is 31.4 Å². The van der Waals surface area contributed by atoms with Gasteiger partial charge in [0.1, 0.15) is 6.10 Å². The van der Waals surface area contributed by atoms with E-state index in [9.17, 15) is 0 Å². The van der Waals surface area contributed by atoms with Gasteiger partial charge in [0, 0.05) is 18.9 Å². The minimum Gasteiger partial charge on any atom is -0.459 e. The van der Waals surface area contributed by atoms with E-state index in [1.165, 1.54) is 25.9 Å². The van der Waals surface area contributed by atoms with Crippen molar-refractivity contribution in [3.05, 3.63) is 30.6 Å². The first-order valence-corrected chi connectivity index (χ1v) is 7.62. The van der Waals surface area contributed by atoms with Gasteiger partial charge in [-0.05, 0) is 50.8 Å². The maximum absolute atomic E-state index is 5.97. The average molecular weight is 275 g/mol. The second-order valence-corrected chi connectivity index (χ2v) is 5.34.